The van der Waals surface area contributed by atoms with E-state index in [2.05, 4.69) is 13.5 Å². The fourth-order valence-electron chi connectivity index (χ4n) is 6.18. The molecular weight excluding hydrogens is 424 g/mol. The van der Waals surface area contributed by atoms with Gasteiger partial charge >= 0.3 is 5.97 Å². The average Bonchev–Trinajstić information content (AvgIpc) is 3.32. The van der Waals surface area contributed by atoms with Crippen LogP contribution in [0.25, 0.3) is 0 Å². The Bertz CT molecular complexity index is 785. The fraction of sp³-hybridized carbons (Fsp3) is 0.800. The molecule has 1 spiro atoms. The fourth-order valence-corrected chi connectivity index (χ4v) is 6.18. The summed E-state index contributed by atoms with van der Waals surface area (Å²) < 4.78 is 11.9. The quantitative estimate of drug-likeness (QED) is 0.372. The van der Waals surface area contributed by atoms with Crippen molar-refractivity contribution in [2.75, 3.05) is 26.3 Å². The van der Waals surface area contributed by atoms with Crippen LogP contribution in [0.4, 0.5) is 0 Å². The normalized spacial score (nSPS) is 33.4. The molecule has 3 aliphatic rings. The van der Waals surface area contributed by atoms with E-state index in [0.29, 0.717) is 25.9 Å². The van der Waals surface area contributed by atoms with E-state index in [0.717, 1.165) is 12.8 Å². The van der Waals surface area contributed by atoms with Crippen LogP contribution in [-0.2, 0) is 23.9 Å². The minimum absolute atomic E-state index is 0.0817. The van der Waals surface area contributed by atoms with Crippen LogP contribution in [0.2, 0.25) is 0 Å². The van der Waals surface area contributed by atoms with E-state index in [-0.39, 0.29) is 30.9 Å². The van der Waals surface area contributed by atoms with Gasteiger partial charge < -0.3 is 24.4 Å². The molecule has 3 rings (SSSR count). The van der Waals surface area contributed by atoms with Crippen LogP contribution in [0.15, 0.2) is 12.7 Å². The summed E-state index contributed by atoms with van der Waals surface area (Å²) in [5.41, 5.74) is -1.95. The molecule has 2 unspecified atom stereocenters. The second-order valence-corrected chi connectivity index (χ2v) is 10.1. The predicted molar refractivity (Wildman–Crippen MR) is 123 cm³/mol. The van der Waals surface area contributed by atoms with Crippen molar-refractivity contribution in [2.45, 2.75) is 83.6 Å². The summed E-state index contributed by atoms with van der Waals surface area (Å²) >= 11 is 0. The lowest BCUT2D eigenvalue weighted by molar-refractivity contribution is -0.162. The molecule has 3 fully saturated rings. The van der Waals surface area contributed by atoms with Gasteiger partial charge in [0.1, 0.15) is 17.6 Å². The summed E-state index contributed by atoms with van der Waals surface area (Å²) in [6.45, 7) is 14.1. The minimum atomic E-state index is -1.10. The summed E-state index contributed by atoms with van der Waals surface area (Å²) in [7, 11) is 0. The Morgan fingerprint density at radius 1 is 1.36 bits per heavy atom. The summed E-state index contributed by atoms with van der Waals surface area (Å²) in [6.07, 6.45) is 4.51. The standard InChI is InChI=1S/C25H40N2O6/c1-7-10-14-26(13-8-2)22(30)20-25-12-11-24(6,33-25)19(23(31)32-9-3)18(25)21(29)27(20)17(15-28)16(4)5/h8,16-20,28H,2,7,9-15H2,1,3-6H3/t17-,18-,19-,20?,24+,25?/m0/s1. The number of aliphatic hydroxyl groups is 1. The zero-order valence-electron chi connectivity index (χ0n) is 20.7. The largest absolute Gasteiger partial charge is 0.466 e. The molecule has 0 aromatic heterocycles. The molecule has 0 saturated carbocycles. The number of carbonyl (C=O) groups is 3. The van der Waals surface area contributed by atoms with Crippen molar-refractivity contribution in [3.63, 3.8) is 0 Å². The Morgan fingerprint density at radius 2 is 2.06 bits per heavy atom. The highest BCUT2D eigenvalue weighted by Gasteiger charge is 2.79. The molecule has 2 bridgehead atoms. The number of hydrogen-bond acceptors (Lipinski definition) is 6. The second-order valence-electron chi connectivity index (χ2n) is 10.1. The predicted octanol–water partition coefficient (Wildman–Crippen LogP) is 2.15. The van der Waals surface area contributed by atoms with E-state index in [1.54, 1.807) is 17.9 Å². The van der Waals surface area contributed by atoms with Gasteiger partial charge in [-0.1, -0.05) is 33.3 Å². The third kappa shape index (κ3) is 3.99. The van der Waals surface area contributed by atoms with Crippen molar-refractivity contribution in [3.05, 3.63) is 12.7 Å². The van der Waals surface area contributed by atoms with Gasteiger partial charge in [-0.2, -0.15) is 0 Å². The number of hydrogen-bond donors (Lipinski definition) is 1. The first-order valence-corrected chi connectivity index (χ1v) is 12.3. The van der Waals surface area contributed by atoms with Crippen molar-refractivity contribution in [1.82, 2.24) is 9.80 Å². The molecule has 3 saturated heterocycles. The van der Waals surface area contributed by atoms with Gasteiger partial charge in [0.2, 0.25) is 11.8 Å². The topological polar surface area (TPSA) is 96.4 Å². The number of esters is 1. The Balaban J connectivity index is 2.12. The van der Waals surface area contributed by atoms with Gasteiger partial charge in [-0.25, -0.2) is 0 Å². The van der Waals surface area contributed by atoms with Gasteiger partial charge in [0, 0.05) is 13.1 Å². The highest BCUT2D eigenvalue weighted by atomic mass is 16.6. The Morgan fingerprint density at radius 3 is 2.61 bits per heavy atom. The van der Waals surface area contributed by atoms with Crippen LogP contribution in [0, 0.1) is 17.8 Å². The Kier molecular flexibility index (Phi) is 7.58. The van der Waals surface area contributed by atoms with Crippen LogP contribution in [-0.4, -0.2) is 82.3 Å². The molecule has 8 heteroatoms. The number of likely N-dealkylation sites (tertiary alicyclic amines) is 1. The van der Waals surface area contributed by atoms with Crippen LogP contribution >= 0.6 is 0 Å². The molecule has 6 atom stereocenters. The lowest BCUT2D eigenvalue weighted by Gasteiger charge is -2.40. The van der Waals surface area contributed by atoms with E-state index >= 15 is 0 Å². The lowest BCUT2D eigenvalue weighted by Crippen LogP contribution is -2.59. The summed E-state index contributed by atoms with van der Waals surface area (Å²) in [5.74, 6) is -2.60. The number of nitrogens with zero attached hydrogens (tertiary/aromatic N) is 2. The van der Waals surface area contributed by atoms with Crippen molar-refractivity contribution >= 4 is 17.8 Å². The molecule has 8 nitrogen and oxygen atoms in total. The van der Waals surface area contributed by atoms with Gasteiger partial charge in [0.05, 0.1) is 30.8 Å². The second kappa shape index (κ2) is 9.74. The maximum Gasteiger partial charge on any atom is 0.312 e. The van der Waals surface area contributed by atoms with Gasteiger partial charge in [-0.3, -0.25) is 14.4 Å². The van der Waals surface area contributed by atoms with Crippen LogP contribution < -0.4 is 0 Å². The Hall–Kier alpha value is -1.93. The first-order chi connectivity index (χ1) is 15.6. The minimum Gasteiger partial charge on any atom is -0.466 e. The number of carbonyl (C=O) groups excluding carboxylic acids is 3. The van der Waals surface area contributed by atoms with Crippen molar-refractivity contribution in [3.8, 4) is 0 Å². The van der Waals surface area contributed by atoms with Gasteiger partial charge in [-0.05, 0) is 39.0 Å². The number of aliphatic hydroxyl groups excluding tert-OH is 1. The molecule has 33 heavy (non-hydrogen) atoms. The maximum atomic E-state index is 14.1. The van der Waals surface area contributed by atoms with Crippen molar-refractivity contribution in [2.24, 2.45) is 17.8 Å². The average molecular weight is 465 g/mol. The number of rotatable bonds is 11. The number of ether oxygens (including phenoxy) is 2. The molecular formula is C25H40N2O6. The first kappa shape index (κ1) is 25.7. The maximum absolute atomic E-state index is 14.1. The smallest absolute Gasteiger partial charge is 0.312 e. The zero-order chi connectivity index (χ0) is 24.6. The van der Waals surface area contributed by atoms with E-state index < -0.39 is 41.1 Å². The van der Waals surface area contributed by atoms with Gasteiger partial charge in [0.25, 0.3) is 0 Å². The van der Waals surface area contributed by atoms with E-state index in [9.17, 15) is 19.5 Å². The van der Waals surface area contributed by atoms with Crippen molar-refractivity contribution in [1.29, 1.82) is 0 Å². The first-order valence-electron chi connectivity index (χ1n) is 12.3. The number of unbranched alkanes of at least 4 members (excludes halogenated alkanes) is 1. The molecule has 2 amide bonds. The molecule has 186 valence electrons. The highest BCUT2D eigenvalue weighted by molar-refractivity contribution is 5.98. The highest BCUT2D eigenvalue weighted by Crippen LogP contribution is 2.63. The van der Waals surface area contributed by atoms with Gasteiger partial charge in [-0.15, -0.1) is 6.58 Å². The third-order valence-corrected chi connectivity index (χ3v) is 7.75. The Labute approximate surface area is 197 Å². The summed E-state index contributed by atoms with van der Waals surface area (Å²) in [6, 6.07) is -1.45. The summed E-state index contributed by atoms with van der Waals surface area (Å²) in [4.78, 5) is 44.4. The van der Waals surface area contributed by atoms with Crippen molar-refractivity contribution < 1.29 is 29.0 Å². The zero-order valence-corrected chi connectivity index (χ0v) is 20.7. The molecule has 0 aliphatic carbocycles. The molecule has 0 aromatic carbocycles. The van der Waals surface area contributed by atoms with E-state index in [1.807, 2.05) is 20.8 Å². The monoisotopic (exact) mass is 464 g/mol. The van der Waals surface area contributed by atoms with E-state index in [1.165, 1.54) is 4.90 Å². The third-order valence-electron chi connectivity index (χ3n) is 7.75. The number of amides is 2. The van der Waals surface area contributed by atoms with Crippen LogP contribution in [0.1, 0.15) is 60.3 Å². The lowest BCUT2D eigenvalue weighted by atomic mass is 9.66. The SMILES string of the molecule is C=CCN(CCCC)C(=O)C1N([C@@H](CO)C(C)C)C(=O)[C@@H]2[C@@H](C(=O)OCC)[C@@]3(C)CCC12O3. The molecule has 1 N–H and O–H groups in total. The molecule has 0 aromatic rings. The van der Waals surface area contributed by atoms with Gasteiger partial charge in [0.15, 0.2) is 0 Å². The van der Waals surface area contributed by atoms with Crippen LogP contribution in [0.3, 0.4) is 0 Å². The number of fused-ring (bicyclic) bond motifs is 1. The molecule has 3 heterocycles. The summed E-state index contributed by atoms with van der Waals surface area (Å²) in [5, 5.41) is 10.2. The molecule has 3 aliphatic heterocycles. The molecule has 0 radical (unpaired) electrons. The van der Waals surface area contributed by atoms with E-state index in [4.69, 9.17) is 9.47 Å². The van der Waals surface area contributed by atoms with Crippen LogP contribution in [0.5, 0.6) is 0 Å².